The lowest BCUT2D eigenvalue weighted by Gasteiger charge is -2.17. The van der Waals surface area contributed by atoms with E-state index in [9.17, 15) is 9.18 Å². The zero-order chi connectivity index (χ0) is 16.5. The molecule has 1 aliphatic rings. The van der Waals surface area contributed by atoms with Gasteiger partial charge in [0.1, 0.15) is 5.82 Å². The molecule has 120 valence electrons. The quantitative estimate of drug-likeness (QED) is 0.695. The van der Waals surface area contributed by atoms with Crippen molar-refractivity contribution >= 4 is 34.3 Å². The van der Waals surface area contributed by atoms with Gasteiger partial charge < -0.3 is 4.98 Å². The SMILES string of the molecule is O=C(N/N=C1/CCSc2ccc(F)cc21)c1c[nH]c2ccccc12. The Morgan fingerprint density at radius 1 is 1.25 bits per heavy atom. The molecule has 0 spiro atoms. The number of carbonyl (C=O) groups is 1. The van der Waals surface area contributed by atoms with Gasteiger partial charge in [0.05, 0.1) is 11.3 Å². The largest absolute Gasteiger partial charge is 0.360 e. The number of aromatic nitrogens is 1. The molecule has 2 aromatic carbocycles. The summed E-state index contributed by atoms with van der Waals surface area (Å²) in [5.41, 5.74) is 5.51. The minimum Gasteiger partial charge on any atom is -0.360 e. The molecular weight excluding hydrogens is 325 g/mol. The first-order valence-corrected chi connectivity index (χ1v) is 8.57. The van der Waals surface area contributed by atoms with Gasteiger partial charge in [0, 0.05) is 39.7 Å². The first kappa shape index (κ1) is 15.0. The van der Waals surface area contributed by atoms with Crippen molar-refractivity contribution in [2.24, 2.45) is 5.10 Å². The third-order valence-electron chi connectivity index (χ3n) is 3.98. The Hall–Kier alpha value is -2.60. The molecule has 4 nitrogen and oxygen atoms in total. The third kappa shape index (κ3) is 2.69. The molecular formula is C18H14FN3OS. The van der Waals surface area contributed by atoms with E-state index in [0.717, 1.165) is 27.1 Å². The summed E-state index contributed by atoms with van der Waals surface area (Å²) in [5, 5.41) is 5.10. The lowest BCUT2D eigenvalue weighted by Crippen LogP contribution is -2.21. The second-order valence-corrected chi connectivity index (χ2v) is 6.62. The predicted octanol–water partition coefficient (Wildman–Crippen LogP) is 3.94. The highest BCUT2D eigenvalue weighted by Crippen LogP contribution is 2.30. The van der Waals surface area contributed by atoms with Gasteiger partial charge in [-0.2, -0.15) is 5.10 Å². The number of hydrogen-bond acceptors (Lipinski definition) is 3. The number of hydrazone groups is 1. The van der Waals surface area contributed by atoms with Gasteiger partial charge in [0.15, 0.2) is 0 Å². The first-order valence-electron chi connectivity index (χ1n) is 7.58. The number of rotatable bonds is 2. The lowest BCUT2D eigenvalue weighted by atomic mass is 10.1. The molecule has 0 radical (unpaired) electrons. The van der Waals surface area contributed by atoms with Gasteiger partial charge in [-0.05, 0) is 24.3 Å². The Balaban J connectivity index is 1.62. The average Bonchev–Trinajstić information content (AvgIpc) is 3.04. The molecule has 24 heavy (non-hydrogen) atoms. The van der Waals surface area contributed by atoms with Crippen LogP contribution in [0.15, 0.2) is 58.7 Å². The summed E-state index contributed by atoms with van der Waals surface area (Å²) in [5.74, 6) is 0.281. The van der Waals surface area contributed by atoms with Crippen LogP contribution in [0, 0.1) is 5.82 Å². The summed E-state index contributed by atoms with van der Waals surface area (Å²) >= 11 is 1.67. The molecule has 4 rings (SSSR count). The number of amides is 1. The number of thioether (sulfide) groups is 1. The fourth-order valence-corrected chi connectivity index (χ4v) is 3.81. The molecule has 6 heteroatoms. The van der Waals surface area contributed by atoms with Crippen molar-refractivity contribution in [1.82, 2.24) is 10.4 Å². The summed E-state index contributed by atoms with van der Waals surface area (Å²) in [7, 11) is 0. The van der Waals surface area contributed by atoms with Gasteiger partial charge >= 0.3 is 0 Å². The Morgan fingerprint density at radius 2 is 2.12 bits per heavy atom. The number of nitrogens with zero attached hydrogens (tertiary/aromatic N) is 1. The van der Waals surface area contributed by atoms with Crippen LogP contribution < -0.4 is 5.43 Å². The molecule has 3 aromatic rings. The standard InChI is InChI=1S/C18H14FN3OS/c19-11-5-6-17-13(9-11)16(7-8-24-17)21-22-18(23)14-10-20-15-4-2-1-3-12(14)15/h1-6,9-10,20H,7-8H2,(H,22,23)/b21-16-. The number of aromatic amines is 1. The van der Waals surface area contributed by atoms with Crippen LogP contribution in [-0.4, -0.2) is 22.4 Å². The normalized spacial score (nSPS) is 15.5. The highest BCUT2D eigenvalue weighted by molar-refractivity contribution is 7.99. The van der Waals surface area contributed by atoms with Crippen molar-refractivity contribution < 1.29 is 9.18 Å². The fourth-order valence-electron chi connectivity index (χ4n) is 2.80. The Morgan fingerprint density at radius 3 is 3.04 bits per heavy atom. The van der Waals surface area contributed by atoms with Crippen molar-refractivity contribution in [3.8, 4) is 0 Å². The molecule has 0 aliphatic carbocycles. The van der Waals surface area contributed by atoms with Crippen molar-refractivity contribution in [2.75, 3.05) is 5.75 Å². The minimum absolute atomic E-state index is 0.281. The van der Waals surface area contributed by atoms with Crippen LogP contribution in [0.2, 0.25) is 0 Å². The number of benzene rings is 2. The van der Waals surface area contributed by atoms with Gasteiger partial charge in [-0.1, -0.05) is 18.2 Å². The van der Waals surface area contributed by atoms with Gasteiger partial charge in [-0.15, -0.1) is 11.8 Å². The molecule has 2 N–H and O–H groups in total. The Labute approximate surface area is 142 Å². The van der Waals surface area contributed by atoms with E-state index in [2.05, 4.69) is 15.5 Å². The van der Waals surface area contributed by atoms with E-state index in [1.54, 1.807) is 24.0 Å². The van der Waals surface area contributed by atoms with E-state index >= 15 is 0 Å². The average molecular weight is 339 g/mol. The monoisotopic (exact) mass is 339 g/mol. The number of carbonyl (C=O) groups excluding carboxylic acids is 1. The van der Waals surface area contributed by atoms with Crippen LogP contribution >= 0.6 is 11.8 Å². The second-order valence-electron chi connectivity index (χ2n) is 5.49. The smallest absolute Gasteiger partial charge is 0.273 e. The minimum atomic E-state index is -0.299. The summed E-state index contributed by atoms with van der Waals surface area (Å²) in [6, 6.07) is 12.3. The molecule has 1 aliphatic heterocycles. The number of H-pyrrole nitrogens is 1. The van der Waals surface area contributed by atoms with Crippen LogP contribution in [-0.2, 0) is 0 Å². The van der Waals surface area contributed by atoms with E-state index < -0.39 is 0 Å². The van der Waals surface area contributed by atoms with Gasteiger partial charge in [-0.3, -0.25) is 4.79 Å². The molecule has 0 fully saturated rings. The molecule has 0 atom stereocenters. The number of fused-ring (bicyclic) bond motifs is 2. The highest BCUT2D eigenvalue weighted by atomic mass is 32.2. The Bertz CT molecular complexity index is 964. The molecule has 0 saturated carbocycles. The molecule has 0 saturated heterocycles. The number of halogens is 1. The Kier molecular flexibility index (Phi) is 3.82. The van der Waals surface area contributed by atoms with Crippen molar-refractivity contribution in [1.29, 1.82) is 0 Å². The molecule has 2 heterocycles. The summed E-state index contributed by atoms with van der Waals surface area (Å²) in [6.07, 6.45) is 2.36. The molecule has 0 unspecified atom stereocenters. The molecule has 1 amide bonds. The van der Waals surface area contributed by atoms with Crippen LogP contribution in [0.4, 0.5) is 4.39 Å². The topological polar surface area (TPSA) is 57.2 Å². The number of para-hydroxylation sites is 1. The summed E-state index contributed by atoms with van der Waals surface area (Å²) < 4.78 is 13.5. The van der Waals surface area contributed by atoms with Crippen molar-refractivity contribution in [3.63, 3.8) is 0 Å². The van der Waals surface area contributed by atoms with Crippen molar-refractivity contribution in [2.45, 2.75) is 11.3 Å². The maximum atomic E-state index is 13.5. The van der Waals surface area contributed by atoms with Crippen LogP contribution in [0.5, 0.6) is 0 Å². The van der Waals surface area contributed by atoms with E-state index in [1.807, 2.05) is 24.3 Å². The number of hydrogen-bond donors (Lipinski definition) is 2. The number of nitrogens with one attached hydrogen (secondary N) is 2. The van der Waals surface area contributed by atoms with Crippen LogP contribution in [0.3, 0.4) is 0 Å². The third-order valence-corrected chi connectivity index (χ3v) is 5.05. The highest BCUT2D eigenvalue weighted by Gasteiger charge is 2.18. The zero-order valence-electron chi connectivity index (χ0n) is 12.7. The van der Waals surface area contributed by atoms with E-state index in [4.69, 9.17) is 0 Å². The van der Waals surface area contributed by atoms with Crippen molar-refractivity contribution in [3.05, 3.63) is 65.6 Å². The lowest BCUT2D eigenvalue weighted by molar-refractivity contribution is 0.0956. The maximum absolute atomic E-state index is 13.5. The van der Waals surface area contributed by atoms with Crippen LogP contribution in [0.25, 0.3) is 10.9 Å². The van der Waals surface area contributed by atoms with E-state index in [0.29, 0.717) is 17.7 Å². The van der Waals surface area contributed by atoms with E-state index in [1.165, 1.54) is 12.1 Å². The van der Waals surface area contributed by atoms with Crippen LogP contribution in [0.1, 0.15) is 22.3 Å². The summed E-state index contributed by atoms with van der Waals surface area (Å²) in [6.45, 7) is 0. The van der Waals surface area contributed by atoms with Gasteiger partial charge in [0.2, 0.25) is 0 Å². The van der Waals surface area contributed by atoms with E-state index in [-0.39, 0.29) is 11.7 Å². The maximum Gasteiger partial charge on any atom is 0.273 e. The zero-order valence-corrected chi connectivity index (χ0v) is 13.5. The second kappa shape index (κ2) is 6.13. The van der Waals surface area contributed by atoms with Gasteiger partial charge in [0.25, 0.3) is 5.91 Å². The summed E-state index contributed by atoms with van der Waals surface area (Å²) in [4.78, 5) is 16.5. The predicted molar refractivity (Wildman–Crippen MR) is 94.0 cm³/mol. The molecule has 0 bridgehead atoms. The fraction of sp³-hybridized carbons (Fsp3) is 0.111. The van der Waals surface area contributed by atoms with Gasteiger partial charge in [-0.25, -0.2) is 9.82 Å². The molecule has 1 aromatic heterocycles. The first-order chi connectivity index (χ1) is 11.7.